The topological polar surface area (TPSA) is 178 Å². The number of rotatable bonds is 23. The van der Waals surface area contributed by atoms with Crippen LogP contribution in [0.15, 0.2) is 23.6 Å². The van der Waals surface area contributed by atoms with Gasteiger partial charge >= 0.3 is 11.9 Å². The molecule has 1 aromatic carbocycles. The Kier molecular flexibility index (Phi) is 19.3. The molecule has 2 aromatic rings. The Bertz CT molecular complexity index is 1710. The van der Waals surface area contributed by atoms with Crippen molar-refractivity contribution in [1.29, 1.82) is 0 Å². The van der Waals surface area contributed by atoms with Gasteiger partial charge in [-0.2, -0.15) is 0 Å². The lowest BCUT2D eigenvalue weighted by Crippen LogP contribution is -2.59. The number of likely N-dealkylation sites (N-methyl/N-ethyl adjacent to an activating group) is 1. The molecule has 1 unspecified atom stereocenters. The van der Waals surface area contributed by atoms with Crippen LogP contribution in [0.2, 0.25) is 0 Å². The number of phenols is 1. The first kappa shape index (κ1) is 49.3. The van der Waals surface area contributed by atoms with Gasteiger partial charge in [0.05, 0.1) is 11.5 Å². The number of aromatic nitrogens is 1. The summed E-state index contributed by atoms with van der Waals surface area (Å²) in [6.07, 6.45) is 6.95. The van der Waals surface area contributed by atoms with Crippen LogP contribution in [0.1, 0.15) is 152 Å². The Morgan fingerprint density at radius 1 is 1.07 bits per heavy atom. The Hall–Kier alpha value is -4.04. The zero-order valence-corrected chi connectivity index (χ0v) is 38.0. The number of carboxylic acid groups (broad SMARTS) is 1. The third-order valence-corrected chi connectivity index (χ3v) is 12.7. The third kappa shape index (κ3) is 14.6. The lowest BCUT2D eigenvalue weighted by atomic mass is 9.83. The Morgan fingerprint density at radius 3 is 2.37 bits per heavy atom. The van der Waals surface area contributed by atoms with Gasteiger partial charge in [0.2, 0.25) is 11.8 Å². The van der Waals surface area contributed by atoms with Crippen molar-refractivity contribution in [3.8, 4) is 5.75 Å². The molecular weight excluding hydrogens is 771 g/mol. The number of aryl methyl sites for hydroxylation is 1. The van der Waals surface area contributed by atoms with Crippen LogP contribution in [0.4, 0.5) is 0 Å². The van der Waals surface area contributed by atoms with E-state index in [2.05, 4.69) is 27.4 Å². The number of aliphatic carboxylic acids is 1. The predicted molar refractivity (Wildman–Crippen MR) is 231 cm³/mol. The van der Waals surface area contributed by atoms with Gasteiger partial charge in [-0.15, -0.1) is 11.3 Å². The number of likely N-dealkylation sites (tertiary alicyclic amines) is 1. The zero-order chi connectivity index (χ0) is 44.0. The molecule has 3 rings (SSSR count). The van der Waals surface area contributed by atoms with E-state index in [9.17, 15) is 34.2 Å². The van der Waals surface area contributed by atoms with Gasteiger partial charge in [0.25, 0.3) is 5.91 Å². The number of amides is 3. The van der Waals surface area contributed by atoms with Crippen LogP contribution < -0.4 is 10.6 Å². The lowest BCUT2D eigenvalue weighted by molar-refractivity contribution is -0.150. The minimum absolute atomic E-state index is 0.0664. The summed E-state index contributed by atoms with van der Waals surface area (Å²) in [4.78, 5) is 75.8. The third-order valence-electron chi connectivity index (χ3n) is 11.8. The molecule has 0 aliphatic carbocycles. The Labute approximate surface area is 356 Å². The summed E-state index contributed by atoms with van der Waals surface area (Å²) in [5, 5.41) is 28.4. The molecule has 0 saturated carbocycles. The van der Waals surface area contributed by atoms with E-state index in [-0.39, 0.29) is 60.4 Å². The van der Waals surface area contributed by atoms with Gasteiger partial charge in [-0.1, -0.05) is 78.9 Å². The van der Waals surface area contributed by atoms with Gasteiger partial charge in [0.15, 0.2) is 6.10 Å². The monoisotopic (exact) mass is 842 g/mol. The molecule has 0 bridgehead atoms. The highest BCUT2D eigenvalue weighted by molar-refractivity contribution is 7.09. The predicted octanol–water partition coefficient (Wildman–Crippen LogP) is 7.44. The minimum Gasteiger partial charge on any atom is -0.508 e. The fourth-order valence-electron chi connectivity index (χ4n) is 7.79. The van der Waals surface area contributed by atoms with Gasteiger partial charge in [0, 0.05) is 37.4 Å². The van der Waals surface area contributed by atoms with Crippen molar-refractivity contribution in [2.24, 2.45) is 17.3 Å². The van der Waals surface area contributed by atoms with Crippen LogP contribution in [0, 0.1) is 24.2 Å². The number of thiazole rings is 1. The molecule has 13 nitrogen and oxygen atoms in total. The van der Waals surface area contributed by atoms with Gasteiger partial charge in [-0.05, 0) is 95.5 Å². The fourth-order valence-corrected chi connectivity index (χ4v) is 8.63. The van der Waals surface area contributed by atoms with Gasteiger partial charge in [0.1, 0.15) is 22.5 Å². The average molecular weight is 842 g/mol. The fraction of sp³-hybridized carbons (Fsp3) is 0.689. The highest BCUT2D eigenvalue weighted by Gasteiger charge is 2.39. The van der Waals surface area contributed by atoms with Crippen LogP contribution >= 0.6 is 11.3 Å². The number of nitrogens with zero attached hydrogens (tertiary/aromatic N) is 3. The molecule has 2 heterocycles. The van der Waals surface area contributed by atoms with E-state index < -0.39 is 47.5 Å². The van der Waals surface area contributed by atoms with Crippen LogP contribution in [-0.2, 0) is 30.3 Å². The number of carboxylic acids is 1. The summed E-state index contributed by atoms with van der Waals surface area (Å²) in [6, 6.07) is 3.19. The largest absolute Gasteiger partial charge is 0.508 e. The highest BCUT2D eigenvalue weighted by atomic mass is 32.1. The van der Waals surface area contributed by atoms with Crippen molar-refractivity contribution in [1.82, 2.24) is 25.4 Å². The molecule has 6 atom stereocenters. The summed E-state index contributed by atoms with van der Waals surface area (Å²) < 4.78 is 5.92. The smallest absolute Gasteiger partial charge is 0.309 e. The number of hydrogen-bond donors (Lipinski definition) is 4. The second-order valence-corrected chi connectivity index (χ2v) is 18.5. The van der Waals surface area contributed by atoms with E-state index in [0.717, 1.165) is 57.1 Å². The number of carbonyl (C=O) groups is 5. The first-order valence-corrected chi connectivity index (χ1v) is 22.4. The Balaban J connectivity index is 1.95. The summed E-state index contributed by atoms with van der Waals surface area (Å²) >= 11 is 1.18. The number of carbonyl (C=O) groups excluding carboxylic acids is 4. The molecule has 1 saturated heterocycles. The highest BCUT2D eigenvalue weighted by Crippen LogP contribution is 2.33. The SMILES string of the molecule is CCCCCCN(C(=O)[C@@H](NC(=O)[C@H]1CCCCN1C)[C@@H](C)CC)[C@H](C[C@@H](OC(C)=O)c1nc(C(=O)NC(Cc2ccc(C)c(O)c2)CC(C)(C)C(=O)O)cs1)C(C)C. The molecule has 330 valence electrons. The maximum atomic E-state index is 14.9. The van der Waals surface area contributed by atoms with E-state index in [0.29, 0.717) is 23.5 Å². The van der Waals surface area contributed by atoms with Crippen LogP contribution in [0.3, 0.4) is 0 Å². The standard InChI is InChI=1S/C45H71N5O8S/c1-11-13-14-16-22-50(43(55)39(29(5)12-2)48-41(54)35-18-15-17-21-49(35)10)36(28(3)4)25-38(58-31(7)51)42-47-34(27-59-42)40(53)46-33(26-45(8,9)44(56)57)23-32-20-19-30(6)37(52)24-32/h19-20,24,27-29,33,35-36,38-39,52H,11-18,21-23,25-26H2,1-10H3,(H,46,53)(H,48,54)(H,56,57)/t29-,33?,35+,36+,38+,39-/m0/s1. The number of phenolic OH excluding ortho intramolecular Hbond substituents is 1. The van der Waals surface area contributed by atoms with Crippen molar-refractivity contribution in [2.75, 3.05) is 20.1 Å². The summed E-state index contributed by atoms with van der Waals surface area (Å²) in [7, 11) is 1.96. The maximum Gasteiger partial charge on any atom is 0.309 e. The number of aromatic hydroxyl groups is 1. The number of nitrogens with one attached hydrogen (secondary N) is 2. The van der Waals surface area contributed by atoms with E-state index in [1.807, 2.05) is 45.7 Å². The number of unbranched alkanes of at least 4 members (excludes halogenated alkanes) is 3. The molecular formula is C45H71N5O8S. The van der Waals surface area contributed by atoms with E-state index in [4.69, 9.17) is 4.74 Å². The van der Waals surface area contributed by atoms with Crippen LogP contribution in [0.5, 0.6) is 5.75 Å². The first-order chi connectivity index (χ1) is 27.8. The zero-order valence-electron chi connectivity index (χ0n) is 37.1. The number of esters is 1. The molecule has 1 aromatic heterocycles. The van der Waals surface area contributed by atoms with Crippen molar-refractivity contribution >= 4 is 41.0 Å². The average Bonchev–Trinajstić information content (AvgIpc) is 3.67. The normalized spacial score (nSPS) is 17.4. The number of hydrogen-bond acceptors (Lipinski definition) is 10. The van der Waals surface area contributed by atoms with Crippen molar-refractivity contribution < 1.29 is 38.9 Å². The van der Waals surface area contributed by atoms with Gasteiger partial charge in [-0.25, -0.2) is 4.98 Å². The van der Waals surface area contributed by atoms with Crippen LogP contribution in [-0.4, -0.2) is 99.0 Å². The number of piperidine rings is 1. The van der Waals surface area contributed by atoms with Crippen molar-refractivity contribution in [3.05, 3.63) is 45.4 Å². The molecule has 14 heteroatoms. The number of benzene rings is 1. The van der Waals surface area contributed by atoms with Crippen LogP contribution in [0.25, 0.3) is 0 Å². The second-order valence-electron chi connectivity index (χ2n) is 17.6. The maximum absolute atomic E-state index is 14.9. The summed E-state index contributed by atoms with van der Waals surface area (Å²) in [5.41, 5.74) is 0.366. The minimum atomic E-state index is -1.16. The quantitative estimate of drug-likeness (QED) is 0.0649. The summed E-state index contributed by atoms with van der Waals surface area (Å²) in [5.74, 6) is -2.41. The van der Waals surface area contributed by atoms with E-state index in [1.54, 1.807) is 38.3 Å². The molecule has 0 radical (unpaired) electrons. The number of ether oxygens (including phenoxy) is 1. The molecule has 59 heavy (non-hydrogen) atoms. The summed E-state index contributed by atoms with van der Waals surface area (Å²) in [6.45, 7) is 17.8. The lowest BCUT2D eigenvalue weighted by Gasteiger charge is -2.40. The molecule has 3 amide bonds. The molecule has 1 aliphatic rings. The molecule has 4 N–H and O–H groups in total. The molecule has 1 aliphatic heterocycles. The second kappa shape index (κ2) is 23.1. The Morgan fingerprint density at radius 2 is 1.78 bits per heavy atom. The van der Waals surface area contributed by atoms with Crippen molar-refractivity contribution in [3.63, 3.8) is 0 Å². The van der Waals surface area contributed by atoms with Gasteiger partial charge in [-0.3, -0.25) is 28.9 Å². The van der Waals surface area contributed by atoms with Crippen molar-refractivity contribution in [2.45, 2.75) is 163 Å². The van der Waals surface area contributed by atoms with E-state index in [1.165, 1.54) is 18.3 Å². The molecule has 0 spiro atoms. The molecule has 1 fully saturated rings. The van der Waals surface area contributed by atoms with Gasteiger partial charge < -0.3 is 30.5 Å². The first-order valence-electron chi connectivity index (χ1n) is 21.6. The van der Waals surface area contributed by atoms with E-state index >= 15 is 0 Å².